The van der Waals surface area contributed by atoms with E-state index >= 15 is 0 Å². The van der Waals surface area contributed by atoms with E-state index in [0.29, 0.717) is 23.1 Å². The van der Waals surface area contributed by atoms with Crippen molar-refractivity contribution < 1.29 is 9.47 Å². The van der Waals surface area contributed by atoms with Crippen LogP contribution in [0.2, 0.25) is 0 Å². The minimum absolute atomic E-state index is 0.305. The van der Waals surface area contributed by atoms with Crippen molar-refractivity contribution in [3.05, 3.63) is 35.9 Å². The quantitative estimate of drug-likeness (QED) is 0.824. The minimum Gasteiger partial charge on any atom is -0.493 e. The molecule has 0 unspecified atom stereocenters. The van der Waals surface area contributed by atoms with Crippen molar-refractivity contribution in [2.45, 2.75) is 6.61 Å². The first-order chi connectivity index (χ1) is 9.11. The van der Waals surface area contributed by atoms with Crippen LogP contribution in [0.1, 0.15) is 11.4 Å². The average molecular weight is 278 g/mol. The van der Waals surface area contributed by atoms with Crippen LogP contribution >= 0.6 is 12.2 Å². The molecule has 6 nitrogen and oxygen atoms in total. The second-order valence-electron chi connectivity index (χ2n) is 3.82. The van der Waals surface area contributed by atoms with Crippen LogP contribution in [-0.2, 0) is 13.7 Å². The molecular weight excluding hydrogens is 264 g/mol. The van der Waals surface area contributed by atoms with Gasteiger partial charge in [0.25, 0.3) is 0 Å². The van der Waals surface area contributed by atoms with Gasteiger partial charge in [-0.2, -0.15) is 5.10 Å². The molecular formula is C12H14N4O2S. The smallest absolute Gasteiger partial charge is 0.164 e. The summed E-state index contributed by atoms with van der Waals surface area (Å²) in [7, 11) is 3.37. The lowest BCUT2D eigenvalue weighted by Crippen LogP contribution is -2.10. The normalized spacial score (nSPS) is 10.2. The molecule has 0 bridgehead atoms. The van der Waals surface area contributed by atoms with Crippen LogP contribution in [0.4, 0.5) is 0 Å². The van der Waals surface area contributed by atoms with E-state index in [-0.39, 0.29) is 0 Å². The van der Waals surface area contributed by atoms with Gasteiger partial charge in [-0.1, -0.05) is 12.2 Å². The number of aryl methyl sites for hydroxylation is 1. The monoisotopic (exact) mass is 278 g/mol. The van der Waals surface area contributed by atoms with Gasteiger partial charge in [0, 0.05) is 12.6 Å². The van der Waals surface area contributed by atoms with Gasteiger partial charge in [0.15, 0.2) is 17.3 Å². The second-order valence-corrected chi connectivity index (χ2v) is 4.26. The van der Waals surface area contributed by atoms with Crippen LogP contribution in [0.3, 0.4) is 0 Å². The molecule has 1 heterocycles. The Labute approximate surface area is 116 Å². The van der Waals surface area contributed by atoms with Gasteiger partial charge >= 0.3 is 0 Å². The molecule has 2 N–H and O–H groups in total. The standard InChI is InChI=1S/C12H14N4O2S/c1-16-11(14-7-15-16)6-18-9-4-3-8(12(13)19)5-10(9)17-2/h3-5,7H,6H2,1-2H3,(H2,13,19). The van der Waals surface area contributed by atoms with E-state index in [1.54, 1.807) is 37.0 Å². The van der Waals surface area contributed by atoms with Crippen LogP contribution < -0.4 is 15.2 Å². The third kappa shape index (κ3) is 3.00. The predicted molar refractivity (Wildman–Crippen MR) is 74.2 cm³/mol. The van der Waals surface area contributed by atoms with E-state index in [1.165, 1.54) is 6.33 Å². The zero-order valence-electron chi connectivity index (χ0n) is 10.7. The number of nitrogens with two attached hydrogens (primary N) is 1. The molecule has 19 heavy (non-hydrogen) atoms. The Morgan fingerprint density at radius 3 is 2.79 bits per heavy atom. The number of hydrogen-bond donors (Lipinski definition) is 1. The van der Waals surface area contributed by atoms with Crippen molar-refractivity contribution in [3.63, 3.8) is 0 Å². The molecule has 2 aromatic rings. The average Bonchev–Trinajstić information content (AvgIpc) is 2.81. The summed E-state index contributed by atoms with van der Waals surface area (Å²) in [6.07, 6.45) is 1.48. The lowest BCUT2D eigenvalue weighted by molar-refractivity contribution is 0.271. The van der Waals surface area contributed by atoms with Gasteiger partial charge in [-0.3, -0.25) is 4.68 Å². The highest BCUT2D eigenvalue weighted by Crippen LogP contribution is 2.28. The molecule has 0 aliphatic heterocycles. The Balaban J connectivity index is 2.16. The van der Waals surface area contributed by atoms with E-state index in [0.717, 1.165) is 11.4 Å². The van der Waals surface area contributed by atoms with Gasteiger partial charge in [-0.15, -0.1) is 0 Å². The van der Waals surface area contributed by atoms with Crippen molar-refractivity contribution in [3.8, 4) is 11.5 Å². The Morgan fingerprint density at radius 1 is 1.42 bits per heavy atom. The maximum Gasteiger partial charge on any atom is 0.164 e. The van der Waals surface area contributed by atoms with Crippen molar-refractivity contribution in [1.29, 1.82) is 0 Å². The highest BCUT2D eigenvalue weighted by Gasteiger charge is 2.09. The topological polar surface area (TPSA) is 75.2 Å². The van der Waals surface area contributed by atoms with Crippen LogP contribution in [0.15, 0.2) is 24.5 Å². The molecule has 0 radical (unpaired) electrons. The van der Waals surface area contributed by atoms with Gasteiger partial charge in [-0.25, -0.2) is 4.98 Å². The van der Waals surface area contributed by atoms with Gasteiger partial charge < -0.3 is 15.2 Å². The first-order valence-electron chi connectivity index (χ1n) is 5.55. The number of methoxy groups -OCH3 is 1. The summed E-state index contributed by atoms with van der Waals surface area (Å²) in [5.74, 6) is 1.90. The highest BCUT2D eigenvalue weighted by molar-refractivity contribution is 7.80. The van der Waals surface area contributed by atoms with E-state index in [4.69, 9.17) is 27.4 Å². The zero-order valence-corrected chi connectivity index (χ0v) is 11.5. The minimum atomic E-state index is 0.305. The SMILES string of the molecule is COc1cc(C(N)=S)ccc1OCc1ncnn1C. The third-order valence-corrected chi connectivity index (χ3v) is 2.85. The van der Waals surface area contributed by atoms with Gasteiger partial charge in [0.1, 0.15) is 17.9 Å². The lowest BCUT2D eigenvalue weighted by Gasteiger charge is -2.11. The summed E-state index contributed by atoms with van der Waals surface area (Å²) in [4.78, 5) is 4.40. The van der Waals surface area contributed by atoms with E-state index < -0.39 is 0 Å². The largest absolute Gasteiger partial charge is 0.493 e. The van der Waals surface area contributed by atoms with Crippen LogP contribution in [0, 0.1) is 0 Å². The maximum absolute atomic E-state index is 5.66. The molecule has 1 aromatic carbocycles. The number of nitrogens with zero attached hydrogens (tertiary/aromatic N) is 3. The molecule has 0 spiro atoms. The Bertz CT molecular complexity index is 597. The fourth-order valence-corrected chi connectivity index (χ4v) is 1.66. The number of benzene rings is 1. The number of hydrogen-bond acceptors (Lipinski definition) is 5. The molecule has 0 amide bonds. The fraction of sp³-hybridized carbons (Fsp3) is 0.250. The fourth-order valence-electron chi connectivity index (χ4n) is 1.53. The van der Waals surface area contributed by atoms with Crippen molar-refractivity contribution >= 4 is 17.2 Å². The lowest BCUT2D eigenvalue weighted by atomic mass is 10.2. The van der Waals surface area contributed by atoms with Gasteiger partial charge in [0.05, 0.1) is 7.11 Å². The van der Waals surface area contributed by atoms with Crippen molar-refractivity contribution in [2.24, 2.45) is 12.8 Å². The number of ether oxygens (including phenoxy) is 2. The molecule has 100 valence electrons. The van der Waals surface area contributed by atoms with Crippen molar-refractivity contribution in [1.82, 2.24) is 14.8 Å². The molecule has 1 aromatic heterocycles. The first-order valence-corrected chi connectivity index (χ1v) is 5.96. The predicted octanol–water partition coefficient (Wildman–Crippen LogP) is 1.04. The van der Waals surface area contributed by atoms with E-state index in [1.807, 2.05) is 0 Å². The van der Waals surface area contributed by atoms with E-state index in [9.17, 15) is 0 Å². The molecule has 0 aliphatic rings. The zero-order chi connectivity index (χ0) is 13.8. The van der Waals surface area contributed by atoms with Gasteiger partial charge in [0.2, 0.25) is 0 Å². The molecule has 7 heteroatoms. The Kier molecular flexibility index (Phi) is 3.96. The summed E-state index contributed by atoms with van der Waals surface area (Å²) in [6, 6.07) is 5.30. The summed E-state index contributed by atoms with van der Waals surface area (Å²) in [5.41, 5.74) is 6.31. The first kappa shape index (κ1) is 13.3. The third-order valence-electron chi connectivity index (χ3n) is 2.61. The van der Waals surface area contributed by atoms with E-state index in [2.05, 4.69) is 10.1 Å². The Hall–Kier alpha value is -2.15. The second kappa shape index (κ2) is 5.66. The molecule has 0 atom stereocenters. The Morgan fingerprint density at radius 2 is 2.21 bits per heavy atom. The van der Waals surface area contributed by atoms with Gasteiger partial charge in [-0.05, 0) is 18.2 Å². The number of rotatable bonds is 5. The summed E-state index contributed by atoms with van der Waals surface area (Å²) >= 11 is 4.92. The number of aromatic nitrogens is 3. The summed E-state index contributed by atoms with van der Waals surface area (Å²) in [5, 5.41) is 3.97. The molecule has 0 saturated heterocycles. The van der Waals surface area contributed by atoms with Crippen LogP contribution in [-0.4, -0.2) is 26.9 Å². The van der Waals surface area contributed by atoms with Crippen LogP contribution in [0.5, 0.6) is 11.5 Å². The van der Waals surface area contributed by atoms with Crippen LogP contribution in [0.25, 0.3) is 0 Å². The molecule has 0 saturated carbocycles. The molecule has 0 aliphatic carbocycles. The number of thiocarbonyl (C=S) groups is 1. The molecule has 2 rings (SSSR count). The summed E-state index contributed by atoms with van der Waals surface area (Å²) < 4.78 is 12.6. The maximum atomic E-state index is 5.66. The van der Waals surface area contributed by atoms with Crippen molar-refractivity contribution in [2.75, 3.05) is 7.11 Å². The highest BCUT2D eigenvalue weighted by atomic mass is 32.1. The summed E-state index contributed by atoms with van der Waals surface area (Å²) in [6.45, 7) is 0.305. The molecule has 0 fully saturated rings.